The van der Waals surface area contributed by atoms with E-state index in [1.807, 2.05) is 13.8 Å². The van der Waals surface area contributed by atoms with Gasteiger partial charge in [0.25, 0.3) is 5.69 Å². The molecule has 0 atom stereocenters. The number of nitro groups is 1. The first-order chi connectivity index (χ1) is 9.57. The number of hydrogen-bond acceptors (Lipinski definition) is 4. The van der Waals surface area contributed by atoms with Crippen molar-refractivity contribution in [3.05, 3.63) is 32.8 Å². The molecule has 0 saturated heterocycles. The minimum atomic E-state index is -3.93. The van der Waals surface area contributed by atoms with E-state index >= 15 is 0 Å². The van der Waals surface area contributed by atoms with Gasteiger partial charge in [0.2, 0.25) is 10.0 Å². The maximum absolute atomic E-state index is 12.8. The van der Waals surface area contributed by atoms with Crippen LogP contribution in [-0.2, 0) is 10.0 Å². The van der Waals surface area contributed by atoms with Gasteiger partial charge in [-0.2, -0.15) is 4.31 Å². The van der Waals surface area contributed by atoms with Crippen LogP contribution in [0.1, 0.15) is 27.7 Å². The number of halogens is 1. The minimum absolute atomic E-state index is 0.119. The molecule has 0 aliphatic heterocycles. The lowest BCUT2D eigenvalue weighted by molar-refractivity contribution is -0.387. The lowest BCUT2D eigenvalue weighted by Gasteiger charge is -2.27. The Labute approximate surface area is 133 Å². The molecule has 8 heteroatoms. The van der Waals surface area contributed by atoms with E-state index < -0.39 is 20.6 Å². The molecule has 0 amide bonds. The van der Waals surface area contributed by atoms with E-state index in [1.54, 1.807) is 13.8 Å². The molecule has 0 bridgehead atoms. The zero-order valence-corrected chi connectivity index (χ0v) is 14.8. The van der Waals surface area contributed by atoms with Crippen molar-refractivity contribution in [2.75, 3.05) is 6.54 Å². The van der Waals surface area contributed by atoms with Crippen LogP contribution in [0.2, 0.25) is 0 Å². The highest BCUT2D eigenvalue weighted by Gasteiger charge is 2.33. The van der Waals surface area contributed by atoms with Crippen molar-refractivity contribution in [3.63, 3.8) is 0 Å². The molecule has 118 valence electrons. The van der Waals surface area contributed by atoms with Gasteiger partial charge in [-0.3, -0.25) is 10.1 Å². The summed E-state index contributed by atoms with van der Waals surface area (Å²) in [7, 11) is -3.93. The third-order valence-corrected chi connectivity index (χ3v) is 5.39. The van der Waals surface area contributed by atoms with Crippen LogP contribution in [0.5, 0.6) is 0 Å². The van der Waals surface area contributed by atoms with Gasteiger partial charge in [-0.25, -0.2) is 8.42 Å². The van der Waals surface area contributed by atoms with Crippen LogP contribution < -0.4 is 0 Å². The summed E-state index contributed by atoms with van der Waals surface area (Å²) < 4.78 is 27.4. The summed E-state index contributed by atoms with van der Waals surface area (Å²) >= 11 is 3.17. The van der Waals surface area contributed by atoms with Crippen molar-refractivity contribution < 1.29 is 13.3 Å². The van der Waals surface area contributed by atoms with Gasteiger partial charge in [-0.15, -0.1) is 0 Å². The van der Waals surface area contributed by atoms with E-state index in [9.17, 15) is 18.5 Å². The first-order valence-electron chi connectivity index (χ1n) is 6.53. The molecule has 0 aromatic heterocycles. The van der Waals surface area contributed by atoms with E-state index in [4.69, 9.17) is 0 Å². The van der Waals surface area contributed by atoms with Gasteiger partial charge in [0.15, 0.2) is 4.90 Å². The van der Waals surface area contributed by atoms with Gasteiger partial charge in [0.1, 0.15) is 0 Å². The molecule has 1 aromatic rings. The number of rotatable bonds is 6. The fraction of sp³-hybridized carbons (Fsp3) is 0.538. The van der Waals surface area contributed by atoms with Crippen molar-refractivity contribution in [1.82, 2.24) is 4.31 Å². The van der Waals surface area contributed by atoms with Gasteiger partial charge in [0.05, 0.1) is 4.92 Å². The van der Waals surface area contributed by atoms with Gasteiger partial charge >= 0.3 is 0 Å². The fourth-order valence-electron chi connectivity index (χ4n) is 1.92. The van der Waals surface area contributed by atoms with Gasteiger partial charge in [-0.05, 0) is 31.9 Å². The van der Waals surface area contributed by atoms with Crippen LogP contribution in [0.15, 0.2) is 27.6 Å². The molecule has 21 heavy (non-hydrogen) atoms. The molecule has 0 aliphatic rings. The molecule has 6 nitrogen and oxygen atoms in total. The van der Waals surface area contributed by atoms with Crippen LogP contribution in [0.25, 0.3) is 0 Å². The van der Waals surface area contributed by atoms with Gasteiger partial charge < -0.3 is 0 Å². The first-order valence-corrected chi connectivity index (χ1v) is 8.76. The molecular formula is C13H19BrN2O4S. The Balaban J connectivity index is 3.47. The Bertz CT molecular complexity index is 629. The van der Waals surface area contributed by atoms with Gasteiger partial charge in [0, 0.05) is 23.1 Å². The summed E-state index contributed by atoms with van der Waals surface area (Å²) in [6.07, 6.45) is 0. The smallest absolute Gasteiger partial charge is 0.258 e. The van der Waals surface area contributed by atoms with Crippen LogP contribution in [-0.4, -0.2) is 30.2 Å². The topological polar surface area (TPSA) is 80.5 Å². The second-order valence-corrected chi connectivity index (χ2v) is 8.21. The van der Waals surface area contributed by atoms with Crippen LogP contribution >= 0.6 is 15.9 Å². The summed E-state index contributed by atoms with van der Waals surface area (Å²) in [4.78, 5) is 10.1. The Morgan fingerprint density at radius 1 is 1.29 bits per heavy atom. The fourth-order valence-corrected chi connectivity index (χ4v) is 4.42. The summed E-state index contributed by atoms with van der Waals surface area (Å²) in [5.74, 6) is 0.119. The average Bonchev–Trinajstić information content (AvgIpc) is 2.34. The quantitative estimate of drug-likeness (QED) is 0.560. The summed E-state index contributed by atoms with van der Waals surface area (Å²) in [5, 5.41) is 11.1. The predicted octanol–water partition coefficient (Wildman–Crippen LogP) is 3.41. The highest BCUT2D eigenvalue weighted by molar-refractivity contribution is 9.10. The summed E-state index contributed by atoms with van der Waals surface area (Å²) in [6, 6.07) is 3.66. The summed E-state index contributed by atoms with van der Waals surface area (Å²) in [6.45, 7) is 7.62. The molecule has 0 heterocycles. The van der Waals surface area contributed by atoms with Crippen LogP contribution in [0, 0.1) is 16.0 Å². The van der Waals surface area contributed by atoms with E-state index in [0.29, 0.717) is 11.0 Å². The predicted molar refractivity (Wildman–Crippen MR) is 84.7 cm³/mol. The Morgan fingerprint density at radius 2 is 1.86 bits per heavy atom. The molecule has 0 radical (unpaired) electrons. The number of nitrogens with zero attached hydrogens (tertiary/aromatic N) is 2. The van der Waals surface area contributed by atoms with Crippen molar-refractivity contribution in [2.45, 2.75) is 38.6 Å². The monoisotopic (exact) mass is 378 g/mol. The third-order valence-electron chi connectivity index (χ3n) is 2.83. The normalized spacial score (nSPS) is 12.4. The molecule has 1 aromatic carbocycles. The molecule has 0 aliphatic carbocycles. The highest BCUT2D eigenvalue weighted by Crippen LogP contribution is 2.30. The van der Waals surface area contributed by atoms with E-state index in [0.717, 1.165) is 0 Å². The van der Waals surface area contributed by atoms with E-state index in [-0.39, 0.29) is 16.9 Å². The first kappa shape index (κ1) is 18.1. The summed E-state index contributed by atoms with van der Waals surface area (Å²) in [5.41, 5.74) is -0.410. The average molecular weight is 379 g/mol. The lowest BCUT2D eigenvalue weighted by atomic mass is 10.2. The second kappa shape index (κ2) is 6.85. The Kier molecular flexibility index (Phi) is 5.89. The molecular weight excluding hydrogens is 360 g/mol. The third kappa shape index (κ3) is 4.24. The van der Waals surface area contributed by atoms with Gasteiger partial charge in [-0.1, -0.05) is 29.8 Å². The zero-order valence-electron chi connectivity index (χ0n) is 12.4. The maximum atomic E-state index is 12.8. The largest absolute Gasteiger partial charge is 0.289 e. The molecule has 0 spiro atoms. The van der Waals surface area contributed by atoms with Crippen molar-refractivity contribution in [1.29, 1.82) is 0 Å². The Morgan fingerprint density at radius 3 is 2.29 bits per heavy atom. The number of sulfonamides is 1. The lowest BCUT2D eigenvalue weighted by Crippen LogP contribution is -2.39. The number of nitro benzene ring substituents is 1. The zero-order chi connectivity index (χ0) is 16.4. The Hall–Kier alpha value is -0.990. The van der Waals surface area contributed by atoms with Crippen molar-refractivity contribution >= 4 is 31.6 Å². The highest BCUT2D eigenvalue weighted by atomic mass is 79.9. The van der Waals surface area contributed by atoms with Crippen molar-refractivity contribution in [2.24, 2.45) is 5.92 Å². The minimum Gasteiger partial charge on any atom is -0.258 e. The molecule has 1 rings (SSSR count). The molecule has 0 N–H and O–H groups in total. The molecule has 0 fully saturated rings. The van der Waals surface area contributed by atoms with E-state index in [1.165, 1.54) is 22.5 Å². The second-order valence-electron chi connectivity index (χ2n) is 5.43. The molecule has 0 saturated carbocycles. The SMILES string of the molecule is CC(C)CN(C(C)C)S(=O)(=O)c1cc(Br)ccc1[N+](=O)[O-]. The van der Waals surface area contributed by atoms with Crippen LogP contribution in [0.4, 0.5) is 5.69 Å². The van der Waals surface area contributed by atoms with Crippen molar-refractivity contribution in [3.8, 4) is 0 Å². The standard InChI is InChI=1S/C13H19BrN2O4S/c1-9(2)8-15(10(3)4)21(19,20)13-7-11(14)5-6-12(13)16(17)18/h5-7,9-10H,8H2,1-4H3. The maximum Gasteiger partial charge on any atom is 0.289 e. The molecule has 0 unspecified atom stereocenters. The number of benzene rings is 1. The number of hydrogen-bond donors (Lipinski definition) is 0. The van der Waals surface area contributed by atoms with E-state index in [2.05, 4.69) is 15.9 Å². The van der Waals surface area contributed by atoms with Crippen LogP contribution in [0.3, 0.4) is 0 Å².